The predicted molar refractivity (Wildman–Crippen MR) is 131 cm³/mol. The fraction of sp³-hybridized carbons (Fsp3) is 0.214. The number of nitrogens with one attached hydrogen (secondary N) is 1. The Morgan fingerprint density at radius 3 is 2.35 bits per heavy atom. The first-order valence-electron chi connectivity index (χ1n) is 10.8. The summed E-state index contributed by atoms with van der Waals surface area (Å²) in [5, 5.41) is 6.92. The average Bonchev–Trinajstić information content (AvgIpc) is 2.82. The summed E-state index contributed by atoms with van der Waals surface area (Å²) >= 11 is 6.01. The molecule has 0 unspecified atom stereocenters. The van der Waals surface area contributed by atoms with Crippen molar-refractivity contribution in [3.63, 3.8) is 0 Å². The molecule has 1 N–H and O–H groups in total. The minimum atomic E-state index is 0.406. The van der Waals surface area contributed by atoms with Crippen LogP contribution in [0.5, 0.6) is 5.75 Å². The topological polar surface area (TPSA) is 21.3 Å². The molecule has 0 bridgehead atoms. The molecule has 31 heavy (non-hydrogen) atoms. The first-order valence-corrected chi connectivity index (χ1v) is 11.2. The summed E-state index contributed by atoms with van der Waals surface area (Å²) in [7, 11) is 0. The van der Waals surface area contributed by atoms with Gasteiger partial charge < -0.3 is 10.1 Å². The number of hydrogen-bond acceptors (Lipinski definition) is 2. The minimum Gasteiger partial charge on any atom is -0.489 e. The predicted octanol–water partition coefficient (Wildman–Crippen LogP) is 7.18. The van der Waals surface area contributed by atoms with Crippen molar-refractivity contribution in [1.82, 2.24) is 5.32 Å². The average molecular weight is 430 g/mol. The lowest BCUT2D eigenvalue weighted by Gasteiger charge is -2.18. The van der Waals surface area contributed by atoms with E-state index in [9.17, 15) is 0 Å². The van der Waals surface area contributed by atoms with Gasteiger partial charge >= 0.3 is 0 Å². The van der Waals surface area contributed by atoms with Gasteiger partial charge in [-0.25, -0.2) is 0 Å². The molecule has 0 aliphatic carbocycles. The number of fused-ring (bicyclic) bond motifs is 1. The van der Waals surface area contributed by atoms with Gasteiger partial charge in [-0.15, -0.1) is 0 Å². The van der Waals surface area contributed by atoms with E-state index in [2.05, 4.69) is 79.0 Å². The Bertz CT molecular complexity index is 1110. The lowest BCUT2D eigenvalue weighted by Crippen LogP contribution is -2.26. The molecule has 4 aromatic carbocycles. The zero-order chi connectivity index (χ0) is 21.5. The highest BCUT2D eigenvalue weighted by atomic mass is 35.5. The zero-order valence-electron chi connectivity index (χ0n) is 17.9. The minimum absolute atomic E-state index is 0.406. The summed E-state index contributed by atoms with van der Waals surface area (Å²) in [5.41, 5.74) is 3.69. The summed E-state index contributed by atoms with van der Waals surface area (Å²) in [4.78, 5) is 0. The van der Waals surface area contributed by atoms with Crippen molar-refractivity contribution >= 4 is 22.4 Å². The van der Waals surface area contributed by atoms with Crippen molar-refractivity contribution in [3.8, 4) is 5.75 Å². The molecule has 0 heterocycles. The van der Waals surface area contributed by atoms with Crippen LogP contribution in [0.1, 0.15) is 30.0 Å². The zero-order valence-corrected chi connectivity index (χ0v) is 18.6. The van der Waals surface area contributed by atoms with E-state index < -0.39 is 0 Å². The van der Waals surface area contributed by atoms with E-state index in [0.717, 1.165) is 35.7 Å². The van der Waals surface area contributed by atoms with E-state index in [-0.39, 0.29) is 0 Å². The lowest BCUT2D eigenvalue weighted by molar-refractivity contribution is 0.302. The Labute approximate surface area is 189 Å². The van der Waals surface area contributed by atoms with Crippen LogP contribution < -0.4 is 10.1 Å². The molecule has 0 saturated heterocycles. The second kappa shape index (κ2) is 10.5. The van der Waals surface area contributed by atoms with Crippen LogP contribution in [0.4, 0.5) is 0 Å². The quantitative estimate of drug-likeness (QED) is 0.304. The van der Waals surface area contributed by atoms with Gasteiger partial charge in [-0.2, -0.15) is 0 Å². The van der Waals surface area contributed by atoms with Crippen LogP contribution >= 0.6 is 11.6 Å². The Balaban J connectivity index is 1.46. The number of benzene rings is 4. The Morgan fingerprint density at radius 1 is 0.806 bits per heavy atom. The van der Waals surface area contributed by atoms with Crippen LogP contribution in [0.25, 0.3) is 10.8 Å². The summed E-state index contributed by atoms with van der Waals surface area (Å²) in [6.45, 7) is 3.54. The molecular formula is C28H28ClNO. The molecule has 0 spiro atoms. The summed E-state index contributed by atoms with van der Waals surface area (Å²) < 4.78 is 6.25. The molecule has 0 fully saturated rings. The molecule has 4 aromatic rings. The monoisotopic (exact) mass is 429 g/mol. The van der Waals surface area contributed by atoms with E-state index in [1.807, 2.05) is 24.3 Å². The Hall–Kier alpha value is -2.81. The van der Waals surface area contributed by atoms with Crippen molar-refractivity contribution in [2.45, 2.75) is 39.0 Å². The fourth-order valence-corrected chi connectivity index (χ4v) is 3.91. The smallest absolute Gasteiger partial charge is 0.124 e. The Kier molecular flexibility index (Phi) is 7.24. The number of halogens is 1. The van der Waals surface area contributed by atoms with E-state index in [1.165, 1.54) is 21.9 Å². The van der Waals surface area contributed by atoms with Gasteiger partial charge in [0.25, 0.3) is 0 Å². The maximum atomic E-state index is 6.25. The van der Waals surface area contributed by atoms with Crippen LogP contribution in [0, 0.1) is 0 Å². The highest BCUT2D eigenvalue weighted by Gasteiger charge is 2.11. The van der Waals surface area contributed by atoms with E-state index >= 15 is 0 Å². The van der Waals surface area contributed by atoms with Gasteiger partial charge in [0.05, 0.1) is 0 Å². The number of aryl methyl sites for hydroxylation is 1. The molecule has 0 aliphatic heterocycles. The highest BCUT2D eigenvalue weighted by Crippen LogP contribution is 2.29. The molecule has 0 aliphatic rings. The first kappa shape index (κ1) is 21.4. The number of ether oxygens (including phenoxy) is 1. The van der Waals surface area contributed by atoms with E-state index in [1.54, 1.807) is 0 Å². The Morgan fingerprint density at radius 2 is 1.55 bits per heavy atom. The summed E-state index contributed by atoms with van der Waals surface area (Å²) in [5.74, 6) is 0.927. The third-order valence-corrected chi connectivity index (χ3v) is 5.89. The maximum Gasteiger partial charge on any atom is 0.124 e. The molecule has 2 nitrogen and oxygen atoms in total. The van der Waals surface area contributed by atoms with Gasteiger partial charge in [0.1, 0.15) is 12.4 Å². The third kappa shape index (κ3) is 5.88. The standard InChI is InChI=1S/C28H28ClNO/c1-21(11-12-22-7-3-2-4-8-22)30-19-27-26-10-6-5-9-24(26)15-18-28(27)31-20-23-13-16-25(29)17-14-23/h2-10,13-18,21,30H,11-12,19-20H2,1H3/t21-/m0/s1. The highest BCUT2D eigenvalue weighted by molar-refractivity contribution is 6.30. The lowest BCUT2D eigenvalue weighted by atomic mass is 10.0. The largest absolute Gasteiger partial charge is 0.489 e. The van der Waals surface area contributed by atoms with Gasteiger partial charge in [-0.3, -0.25) is 0 Å². The van der Waals surface area contributed by atoms with Gasteiger partial charge in [-0.05, 0) is 59.9 Å². The van der Waals surface area contributed by atoms with Crippen LogP contribution in [0.3, 0.4) is 0 Å². The second-order valence-electron chi connectivity index (χ2n) is 7.98. The van der Waals surface area contributed by atoms with Gasteiger partial charge in [0, 0.05) is 23.2 Å². The fourth-order valence-electron chi connectivity index (χ4n) is 3.78. The van der Waals surface area contributed by atoms with Crippen molar-refractivity contribution in [3.05, 3.63) is 113 Å². The van der Waals surface area contributed by atoms with Crippen molar-refractivity contribution in [2.24, 2.45) is 0 Å². The molecule has 0 amide bonds. The van der Waals surface area contributed by atoms with Crippen LogP contribution in [0.15, 0.2) is 91.0 Å². The number of rotatable bonds is 9. The van der Waals surface area contributed by atoms with E-state index in [0.29, 0.717) is 12.6 Å². The summed E-state index contributed by atoms with van der Waals surface area (Å²) in [6, 6.07) is 31.6. The molecule has 0 aromatic heterocycles. The molecular weight excluding hydrogens is 402 g/mol. The third-order valence-electron chi connectivity index (χ3n) is 5.64. The molecule has 0 radical (unpaired) electrons. The van der Waals surface area contributed by atoms with Crippen LogP contribution in [-0.4, -0.2) is 6.04 Å². The van der Waals surface area contributed by atoms with Crippen LogP contribution in [0.2, 0.25) is 5.02 Å². The van der Waals surface area contributed by atoms with Gasteiger partial charge in [0.2, 0.25) is 0 Å². The SMILES string of the molecule is C[C@@H](CCc1ccccc1)NCc1c(OCc2ccc(Cl)cc2)ccc2ccccc12. The second-order valence-corrected chi connectivity index (χ2v) is 8.42. The van der Waals surface area contributed by atoms with Crippen molar-refractivity contribution in [2.75, 3.05) is 0 Å². The molecule has 158 valence electrons. The van der Waals surface area contributed by atoms with Gasteiger partial charge in [-0.1, -0.05) is 84.4 Å². The maximum absolute atomic E-state index is 6.25. The number of hydrogen-bond donors (Lipinski definition) is 1. The van der Waals surface area contributed by atoms with Crippen molar-refractivity contribution in [1.29, 1.82) is 0 Å². The molecule has 1 atom stereocenters. The first-order chi connectivity index (χ1) is 15.2. The normalized spacial score (nSPS) is 12.1. The van der Waals surface area contributed by atoms with Crippen LogP contribution in [-0.2, 0) is 19.6 Å². The van der Waals surface area contributed by atoms with Gasteiger partial charge in [0.15, 0.2) is 0 Å². The van der Waals surface area contributed by atoms with E-state index in [4.69, 9.17) is 16.3 Å². The molecule has 4 rings (SSSR count). The molecule has 0 saturated carbocycles. The molecule has 3 heteroatoms. The summed E-state index contributed by atoms with van der Waals surface area (Å²) in [6.07, 6.45) is 2.17. The van der Waals surface area contributed by atoms with Crippen molar-refractivity contribution < 1.29 is 4.74 Å².